The number of para-hydroxylation sites is 2. The van der Waals surface area contributed by atoms with Crippen molar-refractivity contribution >= 4 is 46.3 Å². The van der Waals surface area contributed by atoms with E-state index < -0.39 is 0 Å². The molecule has 0 N–H and O–H groups in total. The van der Waals surface area contributed by atoms with Crippen LogP contribution < -0.4 is 9.80 Å². The standard InChI is InChI=1S/C48H39N3/c1-35-14-24-44(25-15-35)51(45-26-16-36(2)17-27-45)46-28-19-38(20-29-46)18-21-40-32-37(3)48(33-41(40)34-49)39-22-30-47(31-23-39)50(42-10-6-4-7-11-42)43-12-8-5-9-13-43/h4-33H,1-3H3/b21-18+. The zero-order chi connectivity index (χ0) is 35.2. The monoisotopic (exact) mass is 657 g/mol. The van der Waals surface area contributed by atoms with Crippen LogP contribution in [-0.4, -0.2) is 0 Å². The van der Waals surface area contributed by atoms with Crippen molar-refractivity contribution in [3.05, 3.63) is 203 Å². The summed E-state index contributed by atoms with van der Waals surface area (Å²) in [7, 11) is 0. The first-order valence-corrected chi connectivity index (χ1v) is 17.2. The van der Waals surface area contributed by atoms with Gasteiger partial charge in [0.2, 0.25) is 0 Å². The maximum atomic E-state index is 10.2. The van der Waals surface area contributed by atoms with Gasteiger partial charge in [0, 0.05) is 34.1 Å². The minimum absolute atomic E-state index is 0.646. The van der Waals surface area contributed by atoms with E-state index in [0.717, 1.165) is 61.9 Å². The number of aryl methyl sites for hydroxylation is 3. The molecule has 0 aliphatic rings. The van der Waals surface area contributed by atoms with Gasteiger partial charge in [0.15, 0.2) is 0 Å². The van der Waals surface area contributed by atoms with Crippen molar-refractivity contribution in [1.29, 1.82) is 5.26 Å². The Morgan fingerprint density at radius 3 is 1.31 bits per heavy atom. The highest BCUT2D eigenvalue weighted by Gasteiger charge is 2.14. The second-order valence-corrected chi connectivity index (χ2v) is 12.9. The third-order valence-electron chi connectivity index (χ3n) is 9.17. The van der Waals surface area contributed by atoms with E-state index in [0.29, 0.717) is 5.56 Å². The largest absolute Gasteiger partial charge is 0.311 e. The molecule has 7 aromatic rings. The second kappa shape index (κ2) is 14.9. The quantitative estimate of drug-likeness (QED) is 0.145. The lowest BCUT2D eigenvalue weighted by atomic mass is 9.94. The molecule has 0 aliphatic heterocycles. The molecule has 246 valence electrons. The fraction of sp³-hybridized carbons (Fsp3) is 0.0625. The Bertz CT molecular complexity index is 2210. The smallest absolute Gasteiger partial charge is 0.0998 e. The maximum absolute atomic E-state index is 10.2. The molecule has 0 unspecified atom stereocenters. The first kappa shape index (κ1) is 32.9. The molecular weight excluding hydrogens is 619 g/mol. The van der Waals surface area contributed by atoms with Crippen LogP contribution in [0.15, 0.2) is 170 Å². The van der Waals surface area contributed by atoms with Gasteiger partial charge in [-0.3, -0.25) is 0 Å². The Kier molecular flexibility index (Phi) is 9.59. The van der Waals surface area contributed by atoms with Crippen molar-refractivity contribution in [2.75, 3.05) is 9.80 Å². The molecule has 0 atom stereocenters. The zero-order valence-electron chi connectivity index (χ0n) is 29.2. The second-order valence-electron chi connectivity index (χ2n) is 12.9. The molecule has 0 heterocycles. The van der Waals surface area contributed by atoms with Crippen LogP contribution >= 0.6 is 0 Å². The fourth-order valence-corrected chi connectivity index (χ4v) is 6.42. The van der Waals surface area contributed by atoms with Crippen molar-refractivity contribution in [3.8, 4) is 17.2 Å². The highest BCUT2D eigenvalue weighted by molar-refractivity contribution is 5.82. The minimum Gasteiger partial charge on any atom is -0.311 e. The maximum Gasteiger partial charge on any atom is 0.0998 e. The van der Waals surface area contributed by atoms with E-state index in [2.05, 4.69) is 194 Å². The van der Waals surface area contributed by atoms with Gasteiger partial charge in [-0.25, -0.2) is 0 Å². The molecule has 51 heavy (non-hydrogen) atoms. The number of anilines is 6. The average Bonchev–Trinajstić information content (AvgIpc) is 3.17. The number of rotatable bonds is 9. The predicted molar refractivity (Wildman–Crippen MR) is 216 cm³/mol. The molecule has 0 aromatic heterocycles. The third-order valence-corrected chi connectivity index (χ3v) is 9.17. The third kappa shape index (κ3) is 7.37. The summed E-state index contributed by atoms with van der Waals surface area (Å²) in [5.41, 5.74) is 14.9. The van der Waals surface area contributed by atoms with E-state index in [4.69, 9.17) is 0 Å². The van der Waals surface area contributed by atoms with Gasteiger partial charge in [0.25, 0.3) is 0 Å². The van der Waals surface area contributed by atoms with Gasteiger partial charge >= 0.3 is 0 Å². The number of hydrogen-bond acceptors (Lipinski definition) is 3. The summed E-state index contributed by atoms with van der Waals surface area (Å²) in [6, 6.07) is 61.8. The average molecular weight is 658 g/mol. The van der Waals surface area contributed by atoms with E-state index in [1.807, 2.05) is 24.3 Å². The summed E-state index contributed by atoms with van der Waals surface area (Å²) in [6.45, 7) is 6.33. The Balaban J connectivity index is 1.14. The number of nitrogens with zero attached hydrogens (tertiary/aromatic N) is 3. The van der Waals surface area contributed by atoms with Crippen molar-refractivity contribution < 1.29 is 0 Å². The topological polar surface area (TPSA) is 30.3 Å². The molecule has 0 radical (unpaired) electrons. The zero-order valence-corrected chi connectivity index (χ0v) is 29.2. The summed E-state index contributed by atoms with van der Waals surface area (Å²) in [4.78, 5) is 4.52. The minimum atomic E-state index is 0.646. The van der Waals surface area contributed by atoms with Gasteiger partial charge in [-0.2, -0.15) is 5.26 Å². The van der Waals surface area contributed by atoms with Gasteiger partial charge < -0.3 is 9.80 Å². The molecule has 0 saturated carbocycles. The van der Waals surface area contributed by atoms with Crippen molar-refractivity contribution in [1.82, 2.24) is 0 Å². The van der Waals surface area contributed by atoms with E-state index in [1.165, 1.54) is 11.1 Å². The van der Waals surface area contributed by atoms with E-state index in [9.17, 15) is 5.26 Å². The Hall–Kier alpha value is -6.63. The van der Waals surface area contributed by atoms with Crippen molar-refractivity contribution in [3.63, 3.8) is 0 Å². The number of nitriles is 1. The van der Waals surface area contributed by atoms with Gasteiger partial charge in [0.1, 0.15) is 0 Å². The van der Waals surface area contributed by atoms with Crippen LogP contribution in [-0.2, 0) is 0 Å². The van der Waals surface area contributed by atoms with Crippen LogP contribution in [0.1, 0.15) is 33.4 Å². The molecule has 0 bridgehead atoms. The van der Waals surface area contributed by atoms with Crippen molar-refractivity contribution in [2.45, 2.75) is 20.8 Å². The molecule has 0 fully saturated rings. The number of hydrogen-bond donors (Lipinski definition) is 0. The van der Waals surface area contributed by atoms with Gasteiger partial charge in [-0.15, -0.1) is 0 Å². The van der Waals surface area contributed by atoms with E-state index >= 15 is 0 Å². The molecule has 0 saturated heterocycles. The molecular formula is C48H39N3. The fourth-order valence-electron chi connectivity index (χ4n) is 6.42. The Morgan fingerprint density at radius 1 is 0.451 bits per heavy atom. The lowest BCUT2D eigenvalue weighted by molar-refractivity contribution is 1.27. The molecule has 7 aromatic carbocycles. The first-order valence-electron chi connectivity index (χ1n) is 17.2. The van der Waals surface area contributed by atoms with Crippen LogP contribution in [0, 0.1) is 32.1 Å². The summed E-state index contributed by atoms with van der Waals surface area (Å²) in [6.07, 6.45) is 4.13. The van der Waals surface area contributed by atoms with Crippen LogP contribution in [0.5, 0.6) is 0 Å². The molecule has 7 rings (SSSR count). The Labute approximate surface area is 301 Å². The van der Waals surface area contributed by atoms with Gasteiger partial charge in [-0.1, -0.05) is 114 Å². The molecule has 3 heteroatoms. The molecule has 0 aliphatic carbocycles. The SMILES string of the molecule is Cc1ccc(N(c2ccc(C)cc2)c2ccc(/C=C/c3cc(C)c(-c4ccc(N(c5ccccc5)c5ccccc5)cc4)cc3C#N)cc2)cc1. The van der Waals surface area contributed by atoms with Gasteiger partial charge in [-0.05, 0) is 127 Å². The summed E-state index contributed by atoms with van der Waals surface area (Å²) in [5, 5.41) is 10.2. The molecule has 0 amide bonds. The number of benzene rings is 7. The van der Waals surface area contributed by atoms with E-state index in [-0.39, 0.29) is 0 Å². The molecule has 3 nitrogen and oxygen atoms in total. The highest BCUT2D eigenvalue weighted by atomic mass is 15.1. The van der Waals surface area contributed by atoms with Crippen LogP contribution in [0.3, 0.4) is 0 Å². The Morgan fingerprint density at radius 2 is 0.863 bits per heavy atom. The normalized spacial score (nSPS) is 10.9. The highest BCUT2D eigenvalue weighted by Crippen LogP contribution is 2.37. The first-order chi connectivity index (χ1) is 25.0. The van der Waals surface area contributed by atoms with E-state index in [1.54, 1.807) is 0 Å². The van der Waals surface area contributed by atoms with Crippen LogP contribution in [0.4, 0.5) is 34.1 Å². The summed E-state index contributed by atoms with van der Waals surface area (Å²) >= 11 is 0. The van der Waals surface area contributed by atoms with Crippen LogP contribution in [0.2, 0.25) is 0 Å². The van der Waals surface area contributed by atoms with Crippen molar-refractivity contribution in [2.24, 2.45) is 0 Å². The lowest BCUT2D eigenvalue weighted by Gasteiger charge is -2.26. The summed E-state index contributed by atoms with van der Waals surface area (Å²) in [5.74, 6) is 0. The van der Waals surface area contributed by atoms with Crippen LogP contribution in [0.25, 0.3) is 23.3 Å². The predicted octanol–water partition coefficient (Wildman–Crippen LogP) is 13.3. The lowest BCUT2D eigenvalue weighted by Crippen LogP contribution is -2.09. The molecule has 0 spiro atoms. The van der Waals surface area contributed by atoms with Gasteiger partial charge in [0.05, 0.1) is 11.6 Å². The summed E-state index contributed by atoms with van der Waals surface area (Å²) < 4.78 is 0.